The Morgan fingerprint density at radius 1 is 1.29 bits per heavy atom. The summed E-state index contributed by atoms with van der Waals surface area (Å²) in [6.45, 7) is 3.04. The second kappa shape index (κ2) is 7.53. The fourth-order valence-electron chi connectivity index (χ4n) is 1.77. The van der Waals surface area contributed by atoms with Crippen LogP contribution in [0.2, 0.25) is 0 Å². The first kappa shape index (κ1) is 15.2. The first-order chi connectivity index (χ1) is 10.2. The van der Waals surface area contributed by atoms with E-state index in [1.807, 2.05) is 24.9 Å². The van der Waals surface area contributed by atoms with Gasteiger partial charge in [-0.1, -0.05) is 0 Å². The molecule has 6 heteroatoms. The molecule has 21 heavy (non-hydrogen) atoms. The molecule has 2 aromatic rings. The number of pyridine rings is 1. The van der Waals surface area contributed by atoms with Gasteiger partial charge in [0.25, 0.3) is 0 Å². The van der Waals surface area contributed by atoms with Crippen molar-refractivity contribution in [2.24, 2.45) is 0 Å². The smallest absolute Gasteiger partial charge is 0.107 e. The van der Waals surface area contributed by atoms with Gasteiger partial charge in [0, 0.05) is 25.5 Å². The fraction of sp³-hybridized carbons (Fsp3) is 0.400. The summed E-state index contributed by atoms with van der Waals surface area (Å²) in [5.74, 6) is 0. The number of hydrogen-bond donors (Lipinski definition) is 0. The Hall–Kier alpha value is -2.23. The van der Waals surface area contributed by atoms with E-state index in [9.17, 15) is 0 Å². The molecule has 0 unspecified atom stereocenters. The number of nitrogens with zero attached hydrogens (tertiary/aromatic N) is 5. The predicted molar refractivity (Wildman–Crippen MR) is 79.5 cm³/mol. The zero-order chi connectivity index (χ0) is 15.1. The summed E-state index contributed by atoms with van der Waals surface area (Å²) in [5.41, 5.74) is 2.06. The van der Waals surface area contributed by atoms with Crippen LogP contribution in [-0.2, 0) is 11.3 Å². The van der Waals surface area contributed by atoms with Crippen LogP contribution in [0, 0.1) is 11.3 Å². The van der Waals surface area contributed by atoms with Crippen molar-refractivity contribution in [3.8, 4) is 17.5 Å². The SMILES string of the molecule is CN(C)CCOCCn1cnc(-c2cc(C#N)ccn2)c1. The van der Waals surface area contributed by atoms with E-state index < -0.39 is 0 Å². The van der Waals surface area contributed by atoms with Crippen LogP contribution in [0.1, 0.15) is 5.56 Å². The highest BCUT2D eigenvalue weighted by atomic mass is 16.5. The lowest BCUT2D eigenvalue weighted by Gasteiger charge is -2.09. The molecule has 2 heterocycles. The molecule has 0 saturated carbocycles. The maximum atomic E-state index is 8.90. The summed E-state index contributed by atoms with van der Waals surface area (Å²) in [7, 11) is 4.04. The Kier molecular flexibility index (Phi) is 5.43. The van der Waals surface area contributed by atoms with Crippen molar-refractivity contribution < 1.29 is 4.74 Å². The molecule has 0 N–H and O–H groups in total. The molecule has 0 bridgehead atoms. The predicted octanol–water partition coefficient (Wildman–Crippen LogP) is 1.39. The van der Waals surface area contributed by atoms with E-state index in [1.54, 1.807) is 24.7 Å². The van der Waals surface area contributed by atoms with Gasteiger partial charge in [0.15, 0.2) is 0 Å². The Balaban J connectivity index is 1.88. The van der Waals surface area contributed by atoms with Crippen LogP contribution in [-0.4, -0.2) is 53.3 Å². The third-order valence-electron chi connectivity index (χ3n) is 2.96. The second-order valence-corrected chi connectivity index (χ2v) is 4.95. The summed E-state index contributed by atoms with van der Waals surface area (Å²) >= 11 is 0. The van der Waals surface area contributed by atoms with Crippen LogP contribution < -0.4 is 0 Å². The first-order valence-electron chi connectivity index (χ1n) is 6.80. The molecule has 0 aromatic carbocycles. The molecular weight excluding hydrogens is 266 g/mol. The monoisotopic (exact) mass is 285 g/mol. The number of likely N-dealkylation sites (N-methyl/N-ethyl adjacent to an activating group) is 1. The summed E-state index contributed by atoms with van der Waals surface area (Å²) in [6.07, 6.45) is 5.29. The molecule has 0 fully saturated rings. The van der Waals surface area contributed by atoms with Crippen LogP contribution in [0.15, 0.2) is 30.9 Å². The minimum Gasteiger partial charge on any atom is -0.378 e. The normalized spacial score (nSPS) is 10.8. The lowest BCUT2D eigenvalue weighted by Crippen LogP contribution is -2.19. The number of nitriles is 1. The van der Waals surface area contributed by atoms with Crippen LogP contribution in [0.5, 0.6) is 0 Å². The summed E-state index contributed by atoms with van der Waals surface area (Å²) in [6, 6.07) is 5.52. The van der Waals surface area contributed by atoms with Crippen LogP contribution in [0.25, 0.3) is 11.4 Å². The van der Waals surface area contributed by atoms with Gasteiger partial charge < -0.3 is 14.2 Å². The first-order valence-corrected chi connectivity index (χ1v) is 6.80. The van der Waals surface area contributed by atoms with Gasteiger partial charge in [-0.15, -0.1) is 0 Å². The van der Waals surface area contributed by atoms with Gasteiger partial charge in [0.1, 0.15) is 5.69 Å². The lowest BCUT2D eigenvalue weighted by molar-refractivity contribution is 0.111. The van der Waals surface area contributed by atoms with Gasteiger partial charge in [0.05, 0.1) is 36.9 Å². The second-order valence-electron chi connectivity index (χ2n) is 4.95. The van der Waals surface area contributed by atoms with E-state index in [2.05, 4.69) is 20.9 Å². The standard InChI is InChI=1S/C15H19N5O/c1-19(2)5-7-21-8-6-20-11-15(18-12-20)14-9-13(10-16)3-4-17-14/h3-4,9,11-12H,5-8H2,1-2H3. The van der Waals surface area contributed by atoms with E-state index in [-0.39, 0.29) is 0 Å². The van der Waals surface area contributed by atoms with Gasteiger partial charge >= 0.3 is 0 Å². The number of ether oxygens (including phenoxy) is 1. The largest absolute Gasteiger partial charge is 0.378 e. The lowest BCUT2D eigenvalue weighted by atomic mass is 10.2. The zero-order valence-electron chi connectivity index (χ0n) is 12.4. The van der Waals surface area contributed by atoms with E-state index in [1.165, 1.54) is 0 Å². The number of hydrogen-bond acceptors (Lipinski definition) is 5. The summed E-state index contributed by atoms with van der Waals surface area (Å²) < 4.78 is 7.51. The van der Waals surface area contributed by atoms with E-state index >= 15 is 0 Å². The summed E-state index contributed by atoms with van der Waals surface area (Å²) in [4.78, 5) is 10.6. The molecule has 110 valence electrons. The van der Waals surface area contributed by atoms with Crippen molar-refractivity contribution >= 4 is 0 Å². The Morgan fingerprint density at radius 2 is 2.14 bits per heavy atom. The molecule has 2 aromatic heterocycles. The third kappa shape index (κ3) is 4.67. The Morgan fingerprint density at radius 3 is 2.90 bits per heavy atom. The fourth-order valence-corrected chi connectivity index (χ4v) is 1.77. The minimum absolute atomic E-state index is 0.585. The van der Waals surface area contributed by atoms with Gasteiger partial charge in [-0.2, -0.15) is 5.26 Å². The highest BCUT2D eigenvalue weighted by Crippen LogP contribution is 2.15. The molecule has 0 atom stereocenters. The van der Waals surface area contributed by atoms with Crippen molar-refractivity contribution in [1.29, 1.82) is 5.26 Å². The molecule has 6 nitrogen and oxygen atoms in total. The van der Waals surface area contributed by atoms with Crippen LogP contribution in [0.4, 0.5) is 0 Å². The molecule has 0 aliphatic heterocycles. The minimum atomic E-state index is 0.585. The van der Waals surface area contributed by atoms with Gasteiger partial charge in [-0.05, 0) is 26.2 Å². The molecule has 0 aliphatic rings. The van der Waals surface area contributed by atoms with Gasteiger partial charge in [-0.3, -0.25) is 4.98 Å². The molecule has 0 radical (unpaired) electrons. The van der Waals surface area contributed by atoms with Crippen LogP contribution >= 0.6 is 0 Å². The highest BCUT2D eigenvalue weighted by Gasteiger charge is 2.04. The van der Waals surface area contributed by atoms with E-state index in [4.69, 9.17) is 10.00 Å². The van der Waals surface area contributed by atoms with E-state index in [0.717, 1.165) is 25.4 Å². The number of imidazole rings is 1. The van der Waals surface area contributed by atoms with Gasteiger partial charge in [0.2, 0.25) is 0 Å². The highest BCUT2D eigenvalue weighted by molar-refractivity contribution is 5.55. The van der Waals surface area contributed by atoms with Crippen molar-refractivity contribution in [3.05, 3.63) is 36.4 Å². The zero-order valence-corrected chi connectivity index (χ0v) is 12.4. The van der Waals surface area contributed by atoms with Gasteiger partial charge in [-0.25, -0.2) is 4.98 Å². The molecular formula is C15H19N5O. The maximum absolute atomic E-state index is 8.90. The third-order valence-corrected chi connectivity index (χ3v) is 2.96. The quantitative estimate of drug-likeness (QED) is 0.719. The van der Waals surface area contributed by atoms with Crippen molar-refractivity contribution in [2.75, 3.05) is 33.9 Å². The Labute approximate surface area is 124 Å². The molecule has 0 spiro atoms. The Bertz CT molecular complexity index is 615. The molecule has 0 amide bonds. The average Bonchev–Trinajstić information content (AvgIpc) is 2.95. The molecule has 2 rings (SSSR count). The molecule has 0 saturated heterocycles. The topological polar surface area (TPSA) is 67.0 Å². The van der Waals surface area contributed by atoms with Crippen molar-refractivity contribution in [1.82, 2.24) is 19.4 Å². The molecule has 0 aliphatic carbocycles. The maximum Gasteiger partial charge on any atom is 0.107 e. The number of aromatic nitrogens is 3. The van der Waals surface area contributed by atoms with Crippen molar-refractivity contribution in [2.45, 2.75) is 6.54 Å². The average molecular weight is 285 g/mol. The number of rotatable bonds is 7. The van der Waals surface area contributed by atoms with Crippen molar-refractivity contribution in [3.63, 3.8) is 0 Å². The van der Waals surface area contributed by atoms with E-state index in [0.29, 0.717) is 17.9 Å². The summed E-state index contributed by atoms with van der Waals surface area (Å²) in [5, 5.41) is 8.90. The van der Waals surface area contributed by atoms with Crippen LogP contribution in [0.3, 0.4) is 0 Å².